The van der Waals surface area contributed by atoms with Crippen molar-refractivity contribution in [2.45, 2.75) is 38.7 Å². The van der Waals surface area contributed by atoms with Crippen LogP contribution in [-0.2, 0) is 9.47 Å². The lowest BCUT2D eigenvalue weighted by atomic mass is 9.89. The Labute approximate surface area is 126 Å². The lowest BCUT2D eigenvalue weighted by molar-refractivity contribution is -0.0983. The molecule has 1 aliphatic carbocycles. The Morgan fingerprint density at radius 3 is 3.00 bits per heavy atom. The third kappa shape index (κ3) is 3.04. The van der Waals surface area contributed by atoms with Crippen molar-refractivity contribution < 1.29 is 9.47 Å². The second-order valence-electron chi connectivity index (χ2n) is 6.14. The van der Waals surface area contributed by atoms with Gasteiger partial charge in [-0.15, -0.1) is 0 Å². The van der Waals surface area contributed by atoms with Gasteiger partial charge in [-0.05, 0) is 32.3 Å². The molecular formula is C16H25N3O2. The van der Waals surface area contributed by atoms with Gasteiger partial charge in [-0.1, -0.05) is 6.42 Å². The molecule has 3 rings (SSSR count). The molecule has 0 amide bonds. The summed E-state index contributed by atoms with van der Waals surface area (Å²) in [5, 5.41) is 0. The lowest BCUT2D eigenvalue weighted by Crippen LogP contribution is -2.55. The van der Waals surface area contributed by atoms with Gasteiger partial charge in [0.15, 0.2) is 0 Å². The summed E-state index contributed by atoms with van der Waals surface area (Å²) in [6.07, 6.45) is 7.31. The van der Waals surface area contributed by atoms with Crippen LogP contribution >= 0.6 is 0 Å². The molecule has 1 saturated carbocycles. The molecule has 5 heteroatoms. The largest absolute Gasteiger partial charge is 0.381 e. The van der Waals surface area contributed by atoms with Crippen molar-refractivity contribution in [3.05, 3.63) is 18.0 Å². The van der Waals surface area contributed by atoms with Crippen LogP contribution in [0.15, 0.2) is 12.4 Å². The first-order valence-corrected chi connectivity index (χ1v) is 7.99. The Balaban J connectivity index is 1.73. The van der Waals surface area contributed by atoms with Crippen LogP contribution in [0.4, 0.5) is 5.95 Å². The first-order chi connectivity index (χ1) is 10.2. The van der Waals surface area contributed by atoms with Crippen LogP contribution in [0.25, 0.3) is 0 Å². The summed E-state index contributed by atoms with van der Waals surface area (Å²) in [5.74, 6) is 1.32. The number of ether oxygens (including phenoxy) is 2. The molecule has 1 aromatic rings. The van der Waals surface area contributed by atoms with Gasteiger partial charge >= 0.3 is 0 Å². The van der Waals surface area contributed by atoms with Crippen molar-refractivity contribution in [1.29, 1.82) is 0 Å². The Kier molecular flexibility index (Phi) is 4.40. The minimum atomic E-state index is -0.0678. The Bertz CT molecular complexity index is 465. The normalized spacial score (nSPS) is 29.2. The first kappa shape index (κ1) is 14.7. The van der Waals surface area contributed by atoms with Gasteiger partial charge in [-0.25, -0.2) is 9.97 Å². The van der Waals surface area contributed by atoms with E-state index < -0.39 is 0 Å². The molecule has 2 atom stereocenters. The van der Waals surface area contributed by atoms with Crippen LogP contribution in [-0.4, -0.2) is 48.5 Å². The van der Waals surface area contributed by atoms with Gasteiger partial charge in [0.05, 0.1) is 25.4 Å². The molecule has 0 bridgehead atoms. The zero-order chi connectivity index (χ0) is 14.7. The molecule has 0 radical (unpaired) electrons. The average molecular weight is 291 g/mol. The summed E-state index contributed by atoms with van der Waals surface area (Å²) in [6, 6.07) is 0. The first-order valence-electron chi connectivity index (χ1n) is 7.99. The highest BCUT2D eigenvalue weighted by Crippen LogP contribution is 2.41. The molecule has 2 fully saturated rings. The summed E-state index contributed by atoms with van der Waals surface area (Å²) in [4.78, 5) is 11.2. The van der Waals surface area contributed by atoms with E-state index in [0.717, 1.165) is 50.8 Å². The summed E-state index contributed by atoms with van der Waals surface area (Å²) >= 11 is 0. The van der Waals surface area contributed by atoms with Gasteiger partial charge in [-0.2, -0.15) is 0 Å². The molecule has 1 spiro atoms. The molecule has 0 aromatic carbocycles. The summed E-state index contributed by atoms with van der Waals surface area (Å²) in [7, 11) is 0. The number of rotatable bonds is 4. The number of aryl methyl sites for hydroxylation is 1. The number of anilines is 1. The van der Waals surface area contributed by atoms with E-state index >= 15 is 0 Å². The number of morpholine rings is 1. The molecule has 0 unspecified atom stereocenters. The minimum Gasteiger partial charge on any atom is -0.381 e. The topological polar surface area (TPSA) is 47.5 Å². The molecule has 21 heavy (non-hydrogen) atoms. The van der Waals surface area contributed by atoms with E-state index in [0.29, 0.717) is 5.92 Å². The smallest absolute Gasteiger partial charge is 0.225 e. The number of hydrogen-bond acceptors (Lipinski definition) is 5. The van der Waals surface area contributed by atoms with E-state index in [1.54, 1.807) is 0 Å². The molecule has 5 nitrogen and oxygen atoms in total. The molecule has 1 saturated heterocycles. The molecule has 1 aromatic heterocycles. The van der Waals surface area contributed by atoms with Crippen molar-refractivity contribution in [1.82, 2.24) is 9.97 Å². The van der Waals surface area contributed by atoms with Gasteiger partial charge < -0.3 is 14.4 Å². The molecule has 1 aliphatic heterocycles. The summed E-state index contributed by atoms with van der Waals surface area (Å²) in [5.41, 5.74) is 1.03. The third-order valence-electron chi connectivity index (χ3n) is 4.68. The van der Waals surface area contributed by atoms with E-state index in [9.17, 15) is 0 Å². The van der Waals surface area contributed by atoms with Gasteiger partial charge in [0.1, 0.15) is 0 Å². The monoisotopic (exact) mass is 291 g/mol. The average Bonchev–Trinajstić information content (AvgIpc) is 2.88. The summed E-state index contributed by atoms with van der Waals surface area (Å²) in [6.45, 7) is 8.14. The molecular weight excluding hydrogens is 266 g/mol. The van der Waals surface area contributed by atoms with Crippen LogP contribution in [0.3, 0.4) is 0 Å². The van der Waals surface area contributed by atoms with E-state index in [1.165, 1.54) is 12.8 Å². The van der Waals surface area contributed by atoms with Crippen molar-refractivity contribution in [3.63, 3.8) is 0 Å². The van der Waals surface area contributed by atoms with Crippen LogP contribution < -0.4 is 4.90 Å². The quantitative estimate of drug-likeness (QED) is 0.851. The molecule has 116 valence electrons. The Morgan fingerprint density at radius 1 is 1.43 bits per heavy atom. The van der Waals surface area contributed by atoms with Crippen molar-refractivity contribution in [2.24, 2.45) is 5.92 Å². The van der Waals surface area contributed by atoms with Crippen LogP contribution in [0.1, 0.15) is 31.7 Å². The zero-order valence-electron chi connectivity index (χ0n) is 13.0. The number of aromatic nitrogens is 2. The van der Waals surface area contributed by atoms with E-state index in [-0.39, 0.29) is 5.60 Å². The standard InChI is InChI=1S/C16H25N3O2/c1-3-20-11-14-5-4-6-16(14)12-19(7-8-21-16)15-17-9-13(2)10-18-15/h9-10,14H,3-8,11-12H2,1-2H3/t14-,16+/m0/s1. The van der Waals surface area contributed by atoms with Crippen molar-refractivity contribution >= 4 is 5.95 Å². The highest BCUT2D eigenvalue weighted by molar-refractivity contribution is 5.32. The Hall–Kier alpha value is -1.20. The molecule has 2 heterocycles. The predicted octanol–water partition coefficient (Wildman–Crippen LogP) is 2.20. The fourth-order valence-corrected chi connectivity index (χ4v) is 3.54. The highest BCUT2D eigenvalue weighted by atomic mass is 16.5. The maximum atomic E-state index is 6.23. The minimum absolute atomic E-state index is 0.0678. The van der Waals surface area contributed by atoms with Crippen LogP contribution in [0.5, 0.6) is 0 Å². The molecule has 2 aliphatic rings. The summed E-state index contributed by atoms with van der Waals surface area (Å²) < 4.78 is 11.9. The second kappa shape index (κ2) is 6.28. The SMILES string of the molecule is CCOC[C@@H]1CCC[C@@]12CN(c1ncc(C)cn1)CCO2. The lowest BCUT2D eigenvalue weighted by Gasteiger charge is -2.44. The van der Waals surface area contributed by atoms with Gasteiger partial charge in [0.25, 0.3) is 0 Å². The fourth-order valence-electron chi connectivity index (χ4n) is 3.54. The number of hydrogen-bond donors (Lipinski definition) is 0. The highest BCUT2D eigenvalue weighted by Gasteiger charge is 2.47. The third-order valence-corrected chi connectivity index (χ3v) is 4.68. The zero-order valence-corrected chi connectivity index (χ0v) is 13.0. The fraction of sp³-hybridized carbons (Fsp3) is 0.750. The van der Waals surface area contributed by atoms with E-state index in [2.05, 4.69) is 21.8 Å². The predicted molar refractivity (Wildman–Crippen MR) is 81.5 cm³/mol. The van der Waals surface area contributed by atoms with Crippen molar-refractivity contribution in [2.75, 3.05) is 37.8 Å². The van der Waals surface area contributed by atoms with Gasteiger partial charge in [0.2, 0.25) is 5.95 Å². The number of nitrogens with zero attached hydrogens (tertiary/aromatic N) is 3. The Morgan fingerprint density at radius 2 is 2.24 bits per heavy atom. The molecule has 0 N–H and O–H groups in total. The van der Waals surface area contributed by atoms with Crippen LogP contribution in [0, 0.1) is 12.8 Å². The van der Waals surface area contributed by atoms with Gasteiger partial charge in [0, 0.05) is 31.5 Å². The van der Waals surface area contributed by atoms with E-state index in [4.69, 9.17) is 9.47 Å². The van der Waals surface area contributed by atoms with Crippen molar-refractivity contribution in [3.8, 4) is 0 Å². The maximum Gasteiger partial charge on any atom is 0.225 e. The van der Waals surface area contributed by atoms with E-state index in [1.807, 2.05) is 19.3 Å². The van der Waals surface area contributed by atoms with Crippen LogP contribution in [0.2, 0.25) is 0 Å². The maximum absolute atomic E-state index is 6.23. The second-order valence-corrected chi connectivity index (χ2v) is 6.14. The van der Waals surface area contributed by atoms with Gasteiger partial charge in [-0.3, -0.25) is 0 Å².